The van der Waals surface area contributed by atoms with Gasteiger partial charge in [0.15, 0.2) is 0 Å². The Balaban J connectivity index is 1.28. The molecule has 2 aromatic carbocycles. The standard InChI is InChI=1S/C29H43N3O2/c1-2-3-4-5-12-23-34-24-13-11-20-32-21-18-26(19-22-32)30-29(33)31-28-17-10-9-16-27(28)25-14-7-6-8-15-25/h6-10,14-17,26H,2-5,11-13,18-24H2,1H3,(H2,30,31,33). The van der Waals surface area contributed by atoms with Crippen molar-refractivity contribution >= 4 is 11.7 Å². The fraction of sp³-hybridized carbons (Fsp3) is 0.552. The molecular weight excluding hydrogens is 422 g/mol. The van der Waals surface area contributed by atoms with Gasteiger partial charge < -0.3 is 20.3 Å². The minimum Gasteiger partial charge on any atom is -0.381 e. The highest BCUT2D eigenvalue weighted by Crippen LogP contribution is 2.27. The van der Waals surface area contributed by atoms with Crippen molar-refractivity contribution in [2.45, 2.75) is 70.8 Å². The summed E-state index contributed by atoms with van der Waals surface area (Å²) in [5.41, 5.74) is 2.98. The molecule has 0 aromatic heterocycles. The number of nitrogens with one attached hydrogen (secondary N) is 2. The molecule has 1 fully saturated rings. The monoisotopic (exact) mass is 465 g/mol. The van der Waals surface area contributed by atoms with Crippen LogP contribution in [0.5, 0.6) is 0 Å². The molecule has 0 spiro atoms. The Hall–Kier alpha value is -2.37. The maximum atomic E-state index is 12.7. The number of urea groups is 1. The molecule has 34 heavy (non-hydrogen) atoms. The number of ether oxygens (including phenoxy) is 1. The van der Waals surface area contributed by atoms with E-state index in [1.807, 2.05) is 42.5 Å². The van der Waals surface area contributed by atoms with Crippen LogP contribution in [0.3, 0.4) is 0 Å². The van der Waals surface area contributed by atoms with Gasteiger partial charge in [0.25, 0.3) is 0 Å². The van der Waals surface area contributed by atoms with Crippen LogP contribution < -0.4 is 10.6 Å². The number of anilines is 1. The van der Waals surface area contributed by atoms with Crippen LogP contribution >= 0.6 is 0 Å². The first-order valence-electron chi connectivity index (χ1n) is 13.3. The lowest BCUT2D eigenvalue weighted by Gasteiger charge is -2.32. The van der Waals surface area contributed by atoms with Crippen molar-refractivity contribution in [2.75, 3.05) is 38.2 Å². The van der Waals surface area contributed by atoms with Crippen molar-refractivity contribution in [1.29, 1.82) is 0 Å². The van der Waals surface area contributed by atoms with Crippen LogP contribution in [0.2, 0.25) is 0 Å². The number of rotatable bonds is 14. The molecule has 2 N–H and O–H groups in total. The normalized spacial score (nSPS) is 14.7. The summed E-state index contributed by atoms with van der Waals surface area (Å²) >= 11 is 0. The van der Waals surface area contributed by atoms with E-state index in [0.29, 0.717) is 0 Å². The Morgan fingerprint density at radius 1 is 0.882 bits per heavy atom. The molecule has 5 nitrogen and oxygen atoms in total. The molecule has 186 valence electrons. The first-order valence-corrected chi connectivity index (χ1v) is 13.3. The zero-order valence-electron chi connectivity index (χ0n) is 20.9. The first kappa shape index (κ1) is 26.2. The number of likely N-dealkylation sites (tertiary alicyclic amines) is 1. The quantitative estimate of drug-likeness (QED) is 0.305. The van der Waals surface area contributed by atoms with Gasteiger partial charge in [0.1, 0.15) is 0 Å². The van der Waals surface area contributed by atoms with Crippen molar-refractivity contribution in [3.63, 3.8) is 0 Å². The number of para-hydroxylation sites is 1. The summed E-state index contributed by atoms with van der Waals surface area (Å²) in [5.74, 6) is 0. The highest BCUT2D eigenvalue weighted by molar-refractivity contribution is 5.94. The molecule has 2 amide bonds. The SMILES string of the molecule is CCCCCCCOCCCCN1CCC(NC(=O)Nc2ccccc2-c2ccccc2)CC1. The summed E-state index contributed by atoms with van der Waals surface area (Å²) < 4.78 is 5.78. The molecular formula is C29H43N3O2. The second-order valence-corrected chi connectivity index (χ2v) is 9.36. The molecule has 2 aromatic rings. The van der Waals surface area contributed by atoms with Gasteiger partial charge in [-0.15, -0.1) is 0 Å². The second-order valence-electron chi connectivity index (χ2n) is 9.36. The number of hydrogen-bond acceptors (Lipinski definition) is 3. The molecule has 0 radical (unpaired) electrons. The highest BCUT2D eigenvalue weighted by Gasteiger charge is 2.20. The van der Waals surface area contributed by atoms with E-state index in [0.717, 1.165) is 68.9 Å². The third kappa shape index (κ3) is 9.47. The Morgan fingerprint density at radius 2 is 1.56 bits per heavy atom. The van der Waals surface area contributed by atoms with Gasteiger partial charge in [-0.3, -0.25) is 0 Å². The zero-order valence-corrected chi connectivity index (χ0v) is 20.9. The van der Waals surface area contributed by atoms with E-state index in [-0.39, 0.29) is 12.1 Å². The van der Waals surface area contributed by atoms with Gasteiger partial charge in [-0.1, -0.05) is 81.1 Å². The number of amides is 2. The van der Waals surface area contributed by atoms with Crippen LogP contribution in [-0.4, -0.2) is 49.8 Å². The molecule has 1 aliphatic heterocycles. The average Bonchev–Trinajstić information content (AvgIpc) is 2.87. The van der Waals surface area contributed by atoms with Gasteiger partial charge in [-0.25, -0.2) is 4.79 Å². The Labute approximate surface area is 206 Å². The maximum Gasteiger partial charge on any atom is 0.319 e. The van der Waals surface area contributed by atoms with Crippen molar-refractivity contribution in [3.05, 3.63) is 54.6 Å². The van der Waals surface area contributed by atoms with Crippen molar-refractivity contribution < 1.29 is 9.53 Å². The van der Waals surface area contributed by atoms with Crippen LogP contribution in [0.15, 0.2) is 54.6 Å². The number of benzene rings is 2. The van der Waals surface area contributed by atoms with Crippen LogP contribution in [0.1, 0.15) is 64.7 Å². The minimum absolute atomic E-state index is 0.117. The summed E-state index contributed by atoms with van der Waals surface area (Å²) in [4.78, 5) is 15.2. The first-order chi connectivity index (χ1) is 16.8. The number of carbonyl (C=O) groups excluding carboxylic acids is 1. The fourth-order valence-corrected chi connectivity index (χ4v) is 4.56. The lowest BCUT2D eigenvalue weighted by atomic mass is 10.0. The average molecular weight is 466 g/mol. The molecule has 0 atom stereocenters. The van der Waals surface area contributed by atoms with E-state index in [4.69, 9.17) is 4.74 Å². The summed E-state index contributed by atoms with van der Waals surface area (Å²) in [6.07, 6.45) is 10.8. The minimum atomic E-state index is -0.117. The van der Waals surface area contributed by atoms with Crippen LogP contribution in [0, 0.1) is 0 Å². The van der Waals surface area contributed by atoms with Crippen molar-refractivity contribution in [3.8, 4) is 11.1 Å². The molecule has 0 unspecified atom stereocenters. The predicted molar refractivity (Wildman–Crippen MR) is 142 cm³/mol. The molecule has 1 heterocycles. The van der Waals surface area contributed by atoms with Crippen LogP contribution in [0.25, 0.3) is 11.1 Å². The van der Waals surface area contributed by atoms with Crippen molar-refractivity contribution in [1.82, 2.24) is 10.2 Å². The smallest absolute Gasteiger partial charge is 0.319 e. The van der Waals surface area contributed by atoms with E-state index < -0.39 is 0 Å². The van der Waals surface area contributed by atoms with E-state index in [1.54, 1.807) is 0 Å². The largest absolute Gasteiger partial charge is 0.381 e. The predicted octanol–water partition coefficient (Wildman–Crippen LogP) is 6.71. The number of carbonyl (C=O) groups is 1. The molecule has 0 saturated carbocycles. The zero-order chi connectivity index (χ0) is 23.8. The van der Waals surface area contributed by atoms with Gasteiger partial charge in [0, 0.05) is 37.9 Å². The molecule has 3 rings (SSSR count). The topological polar surface area (TPSA) is 53.6 Å². The number of piperidine rings is 1. The third-order valence-electron chi connectivity index (χ3n) is 6.59. The van der Waals surface area contributed by atoms with Gasteiger partial charge in [-0.2, -0.15) is 0 Å². The van der Waals surface area contributed by atoms with E-state index in [2.05, 4.69) is 34.6 Å². The van der Waals surface area contributed by atoms with Gasteiger partial charge in [0.05, 0.1) is 5.69 Å². The highest BCUT2D eigenvalue weighted by atomic mass is 16.5. The van der Waals surface area contributed by atoms with Crippen LogP contribution in [-0.2, 0) is 4.74 Å². The summed E-state index contributed by atoms with van der Waals surface area (Å²) in [6, 6.07) is 18.2. The molecule has 0 aliphatic carbocycles. The summed E-state index contributed by atoms with van der Waals surface area (Å²) in [7, 11) is 0. The molecule has 1 saturated heterocycles. The summed E-state index contributed by atoms with van der Waals surface area (Å²) in [6.45, 7) is 7.27. The molecule has 0 bridgehead atoms. The van der Waals surface area contributed by atoms with Gasteiger partial charge in [0.2, 0.25) is 0 Å². The Kier molecular flexibility index (Phi) is 12.0. The van der Waals surface area contributed by atoms with E-state index >= 15 is 0 Å². The molecule has 1 aliphatic rings. The van der Waals surface area contributed by atoms with Crippen LogP contribution in [0.4, 0.5) is 10.5 Å². The lowest BCUT2D eigenvalue weighted by Crippen LogP contribution is -2.46. The van der Waals surface area contributed by atoms with E-state index in [1.165, 1.54) is 38.5 Å². The molecule has 5 heteroatoms. The second kappa shape index (κ2) is 15.5. The third-order valence-corrected chi connectivity index (χ3v) is 6.59. The fourth-order valence-electron chi connectivity index (χ4n) is 4.56. The maximum absolute atomic E-state index is 12.7. The number of nitrogens with zero attached hydrogens (tertiary/aromatic N) is 1. The number of unbranched alkanes of at least 4 members (excludes halogenated alkanes) is 5. The van der Waals surface area contributed by atoms with Crippen molar-refractivity contribution in [2.24, 2.45) is 0 Å². The number of hydrogen-bond donors (Lipinski definition) is 2. The lowest BCUT2D eigenvalue weighted by molar-refractivity contribution is 0.120. The Morgan fingerprint density at radius 3 is 2.32 bits per heavy atom. The van der Waals surface area contributed by atoms with Gasteiger partial charge in [-0.05, 0) is 50.3 Å². The van der Waals surface area contributed by atoms with E-state index in [9.17, 15) is 4.79 Å². The summed E-state index contributed by atoms with van der Waals surface area (Å²) in [5, 5.41) is 6.24. The van der Waals surface area contributed by atoms with Gasteiger partial charge >= 0.3 is 6.03 Å². The Bertz CT molecular complexity index is 819.